The van der Waals surface area contributed by atoms with Crippen molar-refractivity contribution < 1.29 is 4.52 Å². The van der Waals surface area contributed by atoms with Gasteiger partial charge in [0.05, 0.1) is 17.4 Å². The zero-order valence-electron chi connectivity index (χ0n) is 12.8. The summed E-state index contributed by atoms with van der Waals surface area (Å²) in [4.78, 5) is 17.3. The summed E-state index contributed by atoms with van der Waals surface area (Å²) in [6.07, 6.45) is 7.95. The summed E-state index contributed by atoms with van der Waals surface area (Å²) in [5.41, 5.74) is 2.15. The van der Waals surface area contributed by atoms with E-state index in [0.717, 1.165) is 23.2 Å². The molecule has 0 spiro atoms. The van der Waals surface area contributed by atoms with Crippen molar-refractivity contribution in [2.75, 3.05) is 5.32 Å². The minimum absolute atomic E-state index is 0.00380. The molecule has 0 saturated heterocycles. The number of nitrogens with one attached hydrogen (secondary N) is 1. The summed E-state index contributed by atoms with van der Waals surface area (Å²) in [6, 6.07) is 1.88. The van der Waals surface area contributed by atoms with Crippen LogP contribution in [0.1, 0.15) is 30.8 Å². The van der Waals surface area contributed by atoms with Crippen LogP contribution in [0.4, 0.5) is 5.82 Å². The molecule has 116 valence electrons. The fourth-order valence-corrected chi connectivity index (χ4v) is 2.60. The summed E-state index contributed by atoms with van der Waals surface area (Å²) in [7, 11) is 0. The lowest BCUT2D eigenvalue weighted by Crippen LogP contribution is -2.11. The third kappa shape index (κ3) is 2.28. The van der Waals surface area contributed by atoms with Crippen LogP contribution in [-0.4, -0.2) is 29.5 Å². The molecule has 0 aliphatic rings. The van der Waals surface area contributed by atoms with Gasteiger partial charge in [-0.15, -0.1) is 0 Å². The Balaban J connectivity index is 1.73. The topological polar surface area (TPSA) is 94.0 Å². The van der Waals surface area contributed by atoms with Gasteiger partial charge in [0.25, 0.3) is 5.71 Å². The van der Waals surface area contributed by atoms with E-state index in [4.69, 9.17) is 4.52 Å². The van der Waals surface area contributed by atoms with Crippen molar-refractivity contribution in [3.63, 3.8) is 0 Å². The normalized spacial score (nSPS) is 12.8. The van der Waals surface area contributed by atoms with Gasteiger partial charge in [-0.3, -0.25) is 4.40 Å². The Kier molecular flexibility index (Phi) is 3.14. The number of imidazole rings is 1. The van der Waals surface area contributed by atoms with E-state index in [-0.39, 0.29) is 6.04 Å². The van der Waals surface area contributed by atoms with Gasteiger partial charge >= 0.3 is 0 Å². The lowest BCUT2D eigenvalue weighted by atomic mass is 10.1. The van der Waals surface area contributed by atoms with Crippen molar-refractivity contribution in [2.24, 2.45) is 0 Å². The number of fused-ring (bicyclic) bond motifs is 2. The van der Waals surface area contributed by atoms with Crippen LogP contribution in [-0.2, 0) is 0 Å². The van der Waals surface area contributed by atoms with Gasteiger partial charge in [0.1, 0.15) is 17.5 Å². The summed E-state index contributed by atoms with van der Waals surface area (Å²) < 4.78 is 7.09. The molecule has 4 aromatic heterocycles. The van der Waals surface area contributed by atoms with Crippen LogP contribution in [0, 0.1) is 6.92 Å². The van der Waals surface area contributed by atoms with Crippen molar-refractivity contribution in [2.45, 2.75) is 26.3 Å². The molecule has 1 unspecified atom stereocenters. The van der Waals surface area contributed by atoms with Crippen molar-refractivity contribution in [1.29, 1.82) is 0 Å². The zero-order chi connectivity index (χ0) is 15.8. The molecule has 0 aromatic carbocycles. The number of nitrogens with zero attached hydrogens (tertiary/aromatic N) is 6. The molecule has 0 fully saturated rings. The molecule has 0 saturated carbocycles. The molecule has 0 radical (unpaired) electrons. The fourth-order valence-electron chi connectivity index (χ4n) is 2.60. The molecule has 4 aromatic rings. The number of hydrogen-bond donors (Lipinski definition) is 1. The molecule has 0 bridgehead atoms. The average molecular weight is 309 g/mol. The Hall–Kier alpha value is -3.03. The molecule has 23 heavy (non-hydrogen) atoms. The second-order valence-electron chi connectivity index (χ2n) is 5.27. The maximum absolute atomic E-state index is 5.19. The van der Waals surface area contributed by atoms with Gasteiger partial charge in [0.2, 0.25) is 5.78 Å². The predicted octanol–water partition coefficient (Wildman–Crippen LogP) is 2.53. The van der Waals surface area contributed by atoms with Crippen molar-refractivity contribution in [1.82, 2.24) is 29.5 Å². The van der Waals surface area contributed by atoms with Gasteiger partial charge in [-0.25, -0.2) is 15.0 Å². The Morgan fingerprint density at radius 2 is 2.22 bits per heavy atom. The third-order valence-electron chi connectivity index (χ3n) is 3.77. The van der Waals surface area contributed by atoms with E-state index >= 15 is 0 Å². The highest BCUT2D eigenvalue weighted by molar-refractivity contribution is 5.87. The molecule has 1 N–H and O–H groups in total. The van der Waals surface area contributed by atoms with Crippen molar-refractivity contribution in [3.05, 3.63) is 42.4 Å². The van der Waals surface area contributed by atoms with E-state index in [9.17, 15) is 0 Å². The lowest BCUT2D eigenvalue weighted by molar-refractivity contribution is 0.442. The van der Waals surface area contributed by atoms with E-state index in [1.165, 1.54) is 6.33 Å². The first-order valence-corrected chi connectivity index (χ1v) is 7.39. The molecule has 0 aliphatic heterocycles. The lowest BCUT2D eigenvalue weighted by Gasteiger charge is -2.15. The van der Waals surface area contributed by atoms with Gasteiger partial charge in [0.15, 0.2) is 0 Å². The van der Waals surface area contributed by atoms with Crippen LogP contribution in [0.15, 0.2) is 35.5 Å². The first kappa shape index (κ1) is 13.6. The van der Waals surface area contributed by atoms with Gasteiger partial charge < -0.3 is 9.84 Å². The fraction of sp³-hybridized carbons (Fsp3) is 0.267. The first-order chi connectivity index (χ1) is 11.3. The molecule has 8 heteroatoms. The maximum Gasteiger partial charge on any atom is 0.263 e. The van der Waals surface area contributed by atoms with Crippen LogP contribution < -0.4 is 5.32 Å². The van der Waals surface area contributed by atoms with E-state index in [0.29, 0.717) is 17.3 Å². The molecule has 4 heterocycles. The summed E-state index contributed by atoms with van der Waals surface area (Å²) in [5, 5.41) is 8.17. The quantitative estimate of drug-likeness (QED) is 0.619. The minimum atomic E-state index is 0.00380. The number of aromatic nitrogens is 6. The second kappa shape index (κ2) is 5.31. The second-order valence-corrected chi connectivity index (χ2v) is 5.27. The van der Waals surface area contributed by atoms with Crippen LogP contribution in [0.3, 0.4) is 0 Å². The van der Waals surface area contributed by atoms with Gasteiger partial charge in [0, 0.05) is 18.6 Å². The standard InChI is InChI=1S/C15H15N7O/c1-3-10(11-7-22-6-4-5-16-15(22)20-11)19-13-12-9(2)21-23-14(12)18-8-17-13/h4-8,10H,3H2,1-2H3,(H,17,18,19). The number of aryl methyl sites for hydroxylation is 1. The number of hydrogen-bond acceptors (Lipinski definition) is 7. The van der Waals surface area contributed by atoms with Crippen molar-refractivity contribution in [3.8, 4) is 0 Å². The smallest absolute Gasteiger partial charge is 0.263 e. The minimum Gasteiger partial charge on any atom is -0.361 e. The van der Waals surface area contributed by atoms with Gasteiger partial charge in [-0.2, -0.15) is 4.98 Å². The SMILES string of the molecule is CCC(Nc1ncnc2onc(C)c12)c1cn2cccnc2n1. The molecule has 0 aliphatic carbocycles. The van der Waals surface area contributed by atoms with Gasteiger partial charge in [-0.1, -0.05) is 12.1 Å². The third-order valence-corrected chi connectivity index (χ3v) is 3.77. The highest BCUT2D eigenvalue weighted by Crippen LogP contribution is 2.27. The summed E-state index contributed by atoms with van der Waals surface area (Å²) >= 11 is 0. The van der Waals surface area contributed by atoms with E-state index < -0.39 is 0 Å². The molecule has 0 amide bonds. The Morgan fingerprint density at radius 3 is 3.04 bits per heavy atom. The van der Waals surface area contributed by atoms with Crippen LogP contribution >= 0.6 is 0 Å². The van der Waals surface area contributed by atoms with E-state index in [1.54, 1.807) is 6.20 Å². The van der Waals surface area contributed by atoms with Gasteiger partial charge in [-0.05, 0) is 19.4 Å². The van der Waals surface area contributed by atoms with E-state index in [1.807, 2.05) is 29.8 Å². The molecule has 8 nitrogen and oxygen atoms in total. The summed E-state index contributed by atoms with van der Waals surface area (Å²) in [5.74, 6) is 1.38. The average Bonchev–Trinajstić information content (AvgIpc) is 3.17. The number of anilines is 1. The maximum atomic E-state index is 5.19. The Morgan fingerprint density at radius 1 is 1.30 bits per heavy atom. The van der Waals surface area contributed by atoms with E-state index in [2.05, 4.69) is 37.3 Å². The zero-order valence-corrected chi connectivity index (χ0v) is 12.8. The van der Waals surface area contributed by atoms with Crippen LogP contribution in [0.2, 0.25) is 0 Å². The Bertz CT molecular complexity index is 941. The first-order valence-electron chi connectivity index (χ1n) is 7.39. The molecular weight excluding hydrogens is 294 g/mol. The molecule has 1 atom stereocenters. The number of rotatable bonds is 4. The largest absolute Gasteiger partial charge is 0.361 e. The van der Waals surface area contributed by atoms with Crippen LogP contribution in [0.25, 0.3) is 16.9 Å². The molecule has 4 rings (SSSR count). The molecular formula is C15H15N7O. The predicted molar refractivity (Wildman–Crippen MR) is 84.0 cm³/mol. The monoisotopic (exact) mass is 309 g/mol. The highest BCUT2D eigenvalue weighted by Gasteiger charge is 2.18. The highest BCUT2D eigenvalue weighted by atomic mass is 16.5. The van der Waals surface area contributed by atoms with Crippen molar-refractivity contribution >= 4 is 22.7 Å². The Labute approximate surface area is 131 Å². The van der Waals surface area contributed by atoms with Crippen LogP contribution in [0.5, 0.6) is 0 Å². The summed E-state index contributed by atoms with van der Waals surface area (Å²) in [6.45, 7) is 3.96.